The van der Waals surface area contributed by atoms with Crippen molar-refractivity contribution in [3.8, 4) is 11.5 Å². The molecule has 4 aromatic rings. The summed E-state index contributed by atoms with van der Waals surface area (Å²) in [5.74, 6) is 0.0753. The summed E-state index contributed by atoms with van der Waals surface area (Å²) in [5.41, 5.74) is 2.26. The molecule has 3 aromatic carbocycles. The maximum Gasteiger partial charge on any atom is 0.338 e. The van der Waals surface area contributed by atoms with E-state index >= 15 is 0 Å². The first kappa shape index (κ1) is 26.1. The highest BCUT2D eigenvalue weighted by molar-refractivity contribution is 7.07. The van der Waals surface area contributed by atoms with Crippen LogP contribution in [0.15, 0.2) is 88.2 Å². The largest absolute Gasteiger partial charge is 0.493 e. The van der Waals surface area contributed by atoms with E-state index in [1.54, 1.807) is 51.5 Å². The second kappa shape index (κ2) is 11.1. The minimum Gasteiger partial charge on any atom is -0.493 e. The van der Waals surface area contributed by atoms with Gasteiger partial charge in [-0.1, -0.05) is 59.9 Å². The van der Waals surface area contributed by atoms with Gasteiger partial charge in [0.1, 0.15) is 5.82 Å². The van der Waals surface area contributed by atoms with Gasteiger partial charge in [-0.15, -0.1) is 0 Å². The van der Waals surface area contributed by atoms with Gasteiger partial charge in [0.25, 0.3) is 5.56 Å². The van der Waals surface area contributed by atoms with Crippen molar-refractivity contribution in [1.29, 1.82) is 0 Å². The predicted molar refractivity (Wildman–Crippen MR) is 147 cm³/mol. The van der Waals surface area contributed by atoms with E-state index in [9.17, 15) is 14.0 Å². The number of nitrogens with zero attached hydrogens (tertiary/aromatic N) is 2. The monoisotopic (exact) mass is 544 g/mol. The molecule has 0 aliphatic carbocycles. The van der Waals surface area contributed by atoms with E-state index in [4.69, 9.17) is 19.2 Å². The predicted octanol–water partition coefficient (Wildman–Crippen LogP) is 4.09. The van der Waals surface area contributed by atoms with Crippen molar-refractivity contribution < 1.29 is 23.4 Å². The molecule has 9 heteroatoms. The van der Waals surface area contributed by atoms with Gasteiger partial charge < -0.3 is 14.2 Å². The maximum absolute atomic E-state index is 13.9. The van der Waals surface area contributed by atoms with Crippen molar-refractivity contribution in [2.45, 2.75) is 13.0 Å². The third-order valence-electron chi connectivity index (χ3n) is 6.26. The Bertz CT molecular complexity index is 1740. The average Bonchev–Trinajstić information content (AvgIpc) is 3.27. The fourth-order valence-electron chi connectivity index (χ4n) is 4.49. The molecule has 0 fully saturated rings. The van der Waals surface area contributed by atoms with Gasteiger partial charge in [-0.3, -0.25) is 9.36 Å². The number of thiazole rings is 1. The number of methoxy groups -OCH3 is 2. The van der Waals surface area contributed by atoms with E-state index in [-0.39, 0.29) is 17.7 Å². The van der Waals surface area contributed by atoms with E-state index in [0.717, 1.165) is 5.56 Å². The Morgan fingerprint density at radius 3 is 2.41 bits per heavy atom. The Morgan fingerprint density at radius 2 is 1.74 bits per heavy atom. The number of hydrogen-bond acceptors (Lipinski definition) is 7. The second-order valence-electron chi connectivity index (χ2n) is 8.60. The lowest BCUT2D eigenvalue weighted by Gasteiger charge is -2.25. The molecule has 2 heterocycles. The van der Waals surface area contributed by atoms with Crippen LogP contribution in [0, 0.1) is 5.82 Å². The molecule has 1 aromatic heterocycles. The zero-order valence-electron chi connectivity index (χ0n) is 21.5. The topological polar surface area (TPSA) is 79.1 Å². The number of halogens is 1. The molecular formula is C30H25FN2O5S. The minimum atomic E-state index is -0.872. The van der Waals surface area contributed by atoms with Crippen molar-refractivity contribution in [2.24, 2.45) is 4.99 Å². The van der Waals surface area contributed by atoms with Crippen LogP contribution in [0.2, 0.25) is 0 Å². The summed E-state index contributed by atoms with van der Waals surface area (Å²) in [7, 11) is 3.09. The van der Waals surface area contributed by atoms with Crippen molar-refractivity contribution in [2.75, 3.05) is 20.8 Å². The summed E-state index contributed by atoms with van der Waals surface area (Å²) in [6.07, 6.45) is 1.74. The molecule has 0 saturated heterocycles. The SMILES string of the molecule is CCOC(=O)C1=C(c2ccccc2)N=c2sc(=Cc3ccc(OC)c(OC)c3)c(=O)n2C1c1ccc(F)cc1. The number of carbonyl (C=O) groups excluding carboxylic acids is 1. The zero-order valence-corrected chi connectivity index (χ0v) is 22.3. The molecule has 1 atom stereocenters. The molecule has 1 aliphatic rings. The lowest BCUT2D eigenvalue weighted by molar-refractivity contribution is -0.138. The minimum absolute atomic E-state index is 0.143. The highest BCUT2D eigenvalue weighted by Crippen LogP contribution is 2.35. The smallest absolute Gasteiger partial charge is 0.338 e. The number of benzene rings is 3. The first-order chi connectivity index (χ1) is 18.9. The number of rotatable bonds is 7. The van der Waals surface area contributed by atoms with Crippen LogP contribution in [-0.4, -0.2) is 31.4 Å². The van der Waals surface area contributed by atoms with E-state index < -0.39 is 17.8 Å². The highest BCUT2D eigenvalue weighted by Gasteiger charge is 2.35. The molecule has 1 aliphatic heterocycles. The van der Waals surface area contributed by atoms with Gasteiger partial charge in [0, 0.05) is 5.56 Å². The zero-order chi connectivity index (χ0) is 27.5. The summed E-state index contributed by atoms with van der Waals surface area (Å²) in [4.78, 5) is 32.5. The second-order valence-corrected chi connectivity index (χ2v) is 9.61. The van der Waals surface area contributed by atoms with E-state index in [0.29, 0.717) is 37.7 Å². The normalized spacial score (nSPS) is 15.0. The van der Waals surface area contributed by atoms with Gasteiger partial charge >= 0.3 is 5.97 Å². The molecule has 0 radical (unpaired) electrons. The molecule has 39 heavy (non-hydrogen) atoms. The molecule has 1 unspecified atom stereocenters. The van der Waals surface area contributed by atoms with E-state index in [1.807, 2.05) is 36.4 Å². The lowest BCUT2D eigenvalue weighted by Crippen LogP contribution is -2.40. The lowest BCUT2D eigenvalue weighted by atomic mass is 9.93. The van der Waals surface area contributed by atoms with Gasteiger partial charge in [-0.25, -0.2) is 14.2 Å². The third-order valence-corrected chi connectivity index (χ3v) is 7.25. The van der Waals surface area contributed by atoms with E-state index in [1.165, 1.54) is 28.0 Å². The molecule has 0 spiro atoms. The summed E-state index contributed by atoms with van der Waals surface area (Å²) < 4.78 is 31.9. The fraction of sp³-hybridized carbons (Fsp3) is 0.167. The number of fused-ring (bicyclic) bond motifs is 1. The Balaban J connectivity index is 1.79. The van der Waals surface area contributed by atoms with Crippen LogP contribution in [0.5, 0.6) is 11.5 Å². The number of hydrogen-bond donors (Lipinski definition) is 0. The molecule has 0 N–H and O–H groups in total. The quantitative estimate of drug-likeness (QED) is 0.328. The van der Waals surface area contributed by atoms with Crippen LogP contribution in [0.25, 0.3) is 11.8 Å². The van der Waals surface area contributed by atoms with Crippen molar-refractivity contribution in [3.05, 3.63) is 121 Å². The number of esters is 1. The Labute approximate surface area is 227 Å². The summed E-state index contributed by atoms with van der Waals surface area (Å²) in [6, 6.07) is 19.5. The van der Waals surface area contributed by atoms with Crippen LogP contribution >= 0.6 is 11.3 Å². The molecule has 198 valence electrons. The summed E-state index contributed by atoms with van der Waals surface area (Å²) in [5, 5.41) is 0. The van der Waals surface area contributed by atoms with Gasteiger partial charge in [-0.05, 0) is 48.4 Å². The molecule has 0 bridgehead atoms. The number of ether oxygens (including phenoxy) is 3. The van der Waals surface area contributed by atoms with Crippen molar-refractivity contribution >= 4 is 29.1 Å². The average molecular weight is 545 g/mol. The molecule has 0 saturated carbocycles. The van der Waals surface area contributed by atoms with Gasteiger partial charge in [0.2, 0.25) is 0 Å². The van der Waals surface area contributed by atoms with Crippen LogP contribution in [0.4, 0.5) is 4.39 Å². The first-order valence-corrected chi connectivity index (χ1v) is 13.0. The molecular weight excluding hydrogens is 519 g/mol. The fourth-order valence-corrected chi connectivity index (χ4v) is 5.50. The Hall–Kier alpha value is -4.50. The maximum atomic E-state index is 13.9. The number of aromatic nitrogens is 1. The van der Waals surface area contributed by atoms with Crippen LogP contribution in [0.3, 0.4) is 0 Å². The first-order valence-electron chi connectivity index (χ1n) is 12.2. The van der Waals surface area contributed by atoms with E-state index in [2.05, 4.69) is 0 Å². The van der Waals surface area contributed by atoms with Crippen molar-refractivity contribution in [3.63, 3.8) is 0 Å². The molecule has 5 rings (SSSR count). The molecule has 7 nitrogen and oxygen atoms in total. The van der Waals surface area contributed by atoms with Crippen LogP contribution < -0.4 is 24.4 Å². The van der Waals surface area contributed by atoms with Gasteiger partial charge in [0.05, 0.1) is 42.7 Å². The molecule has 0 amide bonds. The standard InChI is InChI=1S/C30H25FN2O5S/c1-4-38-29(35)25-26(19-8-6-5-7-9-19)32-30-33(27(25)20-11-13-21(31)14-12-20)28(34)24(39-30)17-18-10-15-22(36-2)23(16-18)37-3/h5-17,27H,4H2,1-3H3. The van der Waals surface area contributed by atoms with Gasteiger partial charge in [-0.2, -0.15) is 0 Å². The summed E-state index contributed by atoms with van der Waals surface area (Å²) >= 11 is 1.20. The third kappa shape index (κ3) is 5.00. The summed E-state index contributed by atoms with van der Waals surface area (Å²) in [6.45, 7) is 1.86. The Morgan fingerprint density at radius 1 is 1.03 bits per heavy atom. The van der Waals surface area contributed by atoms with Crippen LogP contribution in [0.1, 0.15) is 29.7 Å². The number of carbonyl (C=O) groups is 1. The van der Waals surface area contributed by atoms with Gasteiger partial charge in [0.15, 0.2) is 16.3 Å². The highest BCUT2D eigenvalue weighted by atomic mass is 32.1. The van der Waals surface area contributed by atoms with Crippen molar-refractivity contribution in [1.82, 2.24) is 4.57 Å². The Kier molecular flexibility index (Phi) is 7.42. The van der Waals surface area contributed by atoms with Crippen LogP contribution in [-0.2, 0) is 9.53 Å².